The normalized spacial score (nSPS) is 10.9. The number of aliphatic imine (C=N–C) groups is 1. The van der Waals surface area contributed by atoms with Gasteiger partial charge in [-0.05, 0) is 20.8 Å². The molecule has 132 valence electrons. The number of guanidine groups is 1. The molecule has 0 fully saturated rings. The number of carbonyl (C=O) groups excluding carboxylic acids is 1. The third-order valence-electron chi connectivity index (χ3n) is 2.83. The summed E-state index contributed by atoms with van der Waals surface area (Å²) in [5, 5.41) is 10.0. The Morgan fingerprint density at radius 1 is 1.30 bits per heavy atom. The maximum absolute atomic E-state index is 11.6. The Balaban J connectivity index is 0.00000484. The van der Waals surface area contributed by atoms with Crippen LogP contribution in [-0.4, -0.2) is 50.2 Å². The van der Waals surface area contributed by atoms with Crippen molar-refractivity contribution in [2.75, 3.05) is 33.4 Å². The lowest BCUT2D eigenvalue weighted by Crippen LogP contribution is -2.38. The van der Waals surface area contributed by atoms with E-state index in [4.69, 9.17) is 4.74 Å². The van der Waals surface area contributed by atoms with Gasteiger partial charge in [0.25, 0.3) is 0 Å². The molecule has 0 saturated carbocycles. The number of amides is 1. The SMILES string of the molecule is CCNC(=NCC(=O)NCCOC)NCc1nc(C)c(C)s1.I. The molecular formula is C14H26IN5O2S. The van der Waals surface area contributed by atoms with Crippen molar-refractivity contribution >= 4 is 47.2 Å². The molecule has 23 heavy (non-hydrogen) atoms. The van der Waals surface area contributed by atoms with Gasteiger partial charge < -0.3 is 20.7 Å². The lowest BCUT2D eigenvalue weighted by atomic mass is 10.4. The van der Waals surface area contributed by atoms with Crippen molar-refractivity contribution in [1.82, 2.24) is 20.9 Å². The summed E-state index contributed by atoms with van der Waals surface area (Å²) in [5.41, 5.74) is 1.06. The van der Waals surface area contributed by atoms with Gasteiger partial charge in [0.15, 0.2) is 5.96 Å². The summed E-state index contributed by atoms with van der Waals surface area (Å²) in [6.07, 6.45) is 0. The van der Waals surface area contributed by atoms with Crippen molar-refractivity contribution in [3.63, 3.8) is 0 Å². The van der Waals surface area contributed by atoms with Crippen molar-refractivity contribution in [3.05, 3.63) is 15.6 Å². The fourth-order valence-corrected chi connectivity index (χ4v) is 2.49. The highest BCUT2D eigenvalue weighted by atomic mass is 127. The van der Waals surface area contributed by atoms with Gasteiger partial charge in [0.05, 0.1) is 18.8 Å². The zero-order chi connectivity index (χ0) is 16.4. The number of aromatic nitrogens is 1. The summed E-state index contributed by atoms with van der Waals surface area (Å²) in [5.74, 6) is 0.477. The minimum Gasteiger partial charge on any atom is -0.383 e. The predicted octanol–water partition coefficient (Wildman–Crippen LogP) is 1.20. The Morgan fingerprint density at radius 2 is 2.04 bits per heavy atom. The number of thiazole rings is 1. The Kier molecular flexibility index (Phi) is 12.0. The molecule has 0 atom stereocenters. The van der Waals surface area contributed by atoms with Crippen LogP contribution >= 0.6 is 35.3 Å². The molecule has 0 bridgehead atoms. The van der Waals surface area contributed by atoms with Gasteiger partial charge in [-0.25, -0.2) is 9.98 Å². The van der Waals surface area contributed by atoms with E-state index in [1.807, 2.05) is 13.8 Å². The molecule has 0 radical (unpaired) electrons. The number of ether oxygens (including phenoxy) is 1. The van der Waals surface area contributed by atoms with Gasteiger partial charge in [-0.1, -0.05) is 0 Å². The van der Waals surface area contributed by atoms with Crippen LogP contribution in [0.1, 0.15) is 22.5 Å². The van der Waals surface area contributed by atoms with E-state index >= 15 is 0 Å². The van der Waals surface area contributed by atoms with E-state index in [-0.39, 0.29) is 36.4 Å². The zero-order valence-corrected chi connectivity index (χ0v) is 17.2. The van der Waals surface area contributed by atoms with Crippen LogP contribution in [0.25, 0.3) is 0 Å². The summed E-state index contributed by atoms with van der Waals surface area (Å²) in [7, 11) is 1.60. The third kappa shape index (κ3) is 9.06. The van der Waals surface area contributed by atoms with Crippen LogP contribution in [0.4, 0.5) is 0 Å². The smallest absolute Gasteiger partial charge is 0.241 e. The monoisotopic (exact) mass is 455 g/mol. The fourth-order valence-electron chi connectivity index (χ4n) is 1.62. The van der Waals surface area contributed by atoms with Gasteiger partial charge in [0.1, 0.15) is 11.6 Å². The van der Waals surface area contributed by atoms with Crippen LogP contribution in [0.15, 0.2) is 4.99 Å². The van der Waals surface area contributed by atoms with Crippen LogP contribution in [0.3, 0.4) is 0 Å². The van der Waals surface area contributed by atoms with Crippen molar-refractivity contribution in [3.8, 4) is 0 Å². The maximum Gasteiger partial charge on any atom is 0.241 e. The molecule has 1 aromatic rings. The molecule has 0 unspecified atom stereocenters. The zero-order valence-electron chi connectivity index (χ0n) is 14.1. The van der Waals surface area contributed by atoms with Crippen LogP contribution < -0.4 is 16.0 Å². The summed E-state index contributed by atoms with van der Waals surface area (Å²) >= 11 is 1.66. The number of nitrogens with one attached hydrogen (secondary N) is 3. The summed E-state index contributed by atoms with van der Waals surface area (Å²) < 4.78 is 4.87. The molecule has 1 amide bonds. The standard InChI is InChI=1S/C14H25N5O2S.HI/c1-5-15-14(17-8-12(20)16-6-7-21-4)18-9-13-19-10(2)11(3)22-13;/h5-9H2,1-4H3,(H,16,20)(H2,15,17,18);1H. The second-order valence-electron chi connectivity index (χ2n) is 4.64. The molecule has 0 aromatic carbocycles. The Morgan fingerprint density at radius 3 is 2.61 bits per heavy atom. The first-order valence-corrected chi connectivity index (χ1v) is 8.09. The van der Waals surface area contributed by atoms with Crippen molar-refractivity contribution < 1.29 is 9.53 Å². The van der Waals surface area contributed by atoms with Crippen LogP contribution in [0.5, 0.6) is 0 Å². The highest BCUT2D eigenvalue weighted by molar-refractivity contribution is 14.0. The highest BCUT2D eigenvalue weighted by Crippen LogP contribution is 2.15. The number of hydrogen-bond acceptors (Lipinski definition) is 5. The molecule has 1 aromatic heterocycles. The van der Waals surface area contributed by atoms with Crippen molar-refractivity contribution in [2.24, 2.45) is 4.99 Å². The van der Waals surface area contributed by atoms with E-state index < -0.39 is 0 Å². The molecule has 0 aliphatic heterocycles. The van der Waals surface area contributed by atoms with E-state index in [9.17, 15) is 4.79 Å². The average Bonchev–Trinajstić information content (AvgIpc) is 2.81. The van der Waals surface area contributed by atoms with E-state index in [0.29, 0.717) is 25.7 Å². The number of aryl methyl sites for hydroxylation is 2. The first kappa shape index (κ1) is 22.1. The molecular weight excluding hydrogens is 429 g/mol. The van der Waals surface area contributed by atoms with Gasteiger partial charge in [-0.3, -0.25) is 4.79 Å². The molecule has 3 N–H and O–H groups in total. The van der Waals surface area contributed by atoms with Crippen LogP contribution in [-0.2, 0) is 16.1 Å². The molecule has 1 heterocycles. The van der Waals surface area contributed by atoms with Crippen molar-refractivity contribution in [1.29, 1.82) is 0 Å². The van der Waals surface area contributed by atoms with E-state index in [1.54, 1.807) is 18.4 Å². The van der Waals surface area contributed by atoms with Crippen LogP contribution in [0.2, 0.25) is 0 Å². The van der Waals surface area contributed by atoms with Gasteiger partial charge in [-0.2, -0.15) is 0 Å². The number of methoxy groups -OCH3 is 1. The second kappa shape index (κ2) is 12.5. The molecule has 1 rings (SSSR count). The minimum absolute atomic E-state index is 0. The van der Waals surface area contributed by atoms with E-state index in [0.717, 1.165) is 17.2 Å². The number of hydrogen-bond donors (Lipinski definition) is 3. The van der Waals surface area contributed by atoms with Gasteiger partial charge in [-0.15, -0.1) is 35.3 Å². The molecule has 7 nitrogen and oxygen atoms in total. The van der Waals surface area contributed by atoms with Crippen molar-refractivity contribution in [2.45, 2.75) is 27.3 Å². The topological polar surface area (TPSA) is 87.6 Å². The first-order chi connectivity index (χ1) is 10.6. The summed E-state index contributed by atoms with van der Waals surface area (Å²) in [4.78, 5) is 21.6. The molecule has 0 saturated heterocycles. The maximum atomic E-state index is 11.6. The average molecular weight is 455 g/mol. The van der Waals surface area contributed by atoms with Gasteiger partial charge >= 0.3 is 0 Å². The molecule has 0 aliphatic rings. The van der Waals surface area contributed by atoms with E-state index in [1.165, 1.54) is 4.88 Å². The first-order valence-electron chi connectivity index (χ1n) is 7.27. The Labute approximate surface area is 158 Å². The second-order valence-corrected chi connectivity index (χ2v) is 5.93. The quantitative estimate of drug-likeness (QED) is 0.237. The van der Waals surface area contributed by atoms with Gasteiger partial charge in [0.2, 0.25) is 5.91 Å². The number of nitrogens with zero attached hydrogens (tertiary/aromatic N) is 2. The number of halogens is 1. The summed E-state index contributed by atoms with van der Waals surface area (Å²) in [6, 6.07) is 0. The number of carbonyl (C=O) groups is 1. The van der Waals surface area contributed by atoms with E-state index in [2.05, 4.69) is 32.9 Å². The largest absolute Gasteiger partial charge is 0.383 e. The third-order valence-corrected chi connectivity index (χ3v) is 3.91. The Bertz CT molecular complexity index is 488. The number of rotatable bonds is 8. The minimum atomic E-state index is -0.129. The lowest BCUT2D eigenvalue weighted by Gasteiger charge is -2.10. The molecule has 0 aliphatic carbocycles. The fraction of sp³-hybridized carbons (Fsp3) is 0.643. The molecule has 0 spiro atoms. The highest BCUT2D eigenvalue weighted by Gasteiger charge is 2.05. The van der Waals surface area contributed by atoms with Gasteiger partial charge in [0, 0.05) is 25.1 Å². The predicted molar refractivity (Wildman–Crippen MR) is 105 cm³/mol. The summed E-state index contributed by atoms with van der Waals surface area (Å²) in [6.45, 7) is 8.42. The lowest BCUT2D eigenvalue weighted by molar-refractivity contribution is -0.119. The van der Waals surface area contributed by atoms with Crippen LogP contribution in [0, 0.1) is 13.8 Å². The molecule has 9 heteroatoms. The Hall–Kier alpha value is -0.940.